The number of anilines is 1. The fraction of sp³-hybridized carbons (Fsp3) is 0.429. The smallest absolute Gasteiger partial charge is 0.314 e. The lowest BCUT2D eigenvalue weighted by Gasteiger charge is -2.31. The first-order valence-corrected chi connectivity index (χ1v) is 9.13. The summed E-state index contributed by atoms with van der Waals surface area (Å²) in [5.41, 5.74) is 1.72. The molecular formula is C21H24N2O4. The molecule has 0 unspecified atom stereocenters. The Bertz CT molecular complexity index is 884. The number of aromatic nitrogens is 1. The van der Waals surface area contributed by atoms with Gasteiger partial charge in [0.05, 0.1) is 30.9 Å². The number of aromatic hydroxyl groups is 1. The zero-order chi connectivity index (χ0) is 19.2. The zero-order valence-electron chi connectivity index (χ0n) is 15.8. The fourth-order valence-corrected chi connectivity index (χ4v) is 4.45. The standard InChI is InChI=1S/C21H24N2O4/c1-13-6-4-7-15(19(13)24)16-8-5-9-18(22-16)23-11-14-10-21(14,20(25)27-3)17(23)12-26-2/h4-9,14,17,24H,10-12H2,1-3H3/t14-,17+,21+/m1/s1. The molecule has 2 aromatic rings. The van der Waals surface area contributed by atoms with Crippen molar-refractivity contribution < 1.29 is 19.4 Å². The predicted molar refractivity (Wildman–Crippen MR) is 102 cm³/mol. The van der Waals surface area contributed by atoms with Gasteiger partial charge in [-0.15, -0.1) is 0 Å². The van der Waals surface area contributed by atoms with E-state index in [-0.39, 0.29) is 23.7 Å². The molecule has 0 bridgehead atoms. The highest BCUT2D eigenvalue weighted by atomic mass is 16.5. The summed E-state index contributed by atoms with van der Waals surface area (Å²) >= 11 is 0. The van der Waals surface area contributed by atoms with Gasteiger partial charge in [0.2, 0.25) is 0 Å². The molecule has 142 valence electrons. The average molecular weight is 368 g/mol. The third kappa shape index (κ3) is 2.67. The van der Waals surface area contributed by atoms with Gasteiger partial charge >= 0.3 is 5.97 Å². The van der Waals surface area contributed by atoms with Crippen molar-refractivity contribution in [1.82, 2.24) is 4.98 Å². The van der Waals surface area contributed by atoms with Crippen LogP contribution in [0.15, 0.2) is 36.4 Å². The van der Waals surface area contributed by atoms with Crippen molar-refractivity contribution in [3.8, 4) is 17.0 Å². The Morgan fingerprint density at radius 2 is 2.07 bits per heavy atom. The number of pyridine rings is 1. The Morgan fingerprint density at radius 3 is 2.81 bits per heavy atom. The first-order chi connectivity index (χ1) is 13.0. The summed E-state index contributed by atoms with van der Waals surface area (Å²) in [6, 6.07) is 11.3. The van der Waals surface area contributed by atoms with Gasteiger partial charge < -0.3 is 19.5 Å². The summed E-state index contributed by atoms with van der Waals surface area (Å²) in [5.74, 6) is 1.13. The lowest BCUT2D eigenvalue weighted by atomic mass is 9.96. The SMILES string of the molecule is COC[C@@H]1N(c2cccc(-c3cccc(C)c3O)n2)C[C@H]2C[C@]21C(=O)OC. The van der Waals surface area contributed by atoms with Crippen LogP contribution in [0.4, 0.5) is 5.82 Å². The van der Waals surface area contributed by atoms with Crippen LogP contribution in [0.2, 0.25) is 0 Å². The Labute approximate surface area is 158 Å². The normalized spacial score (nSPS) is 26.0. The third-order valence-electron chi connectivity index (χ3n) is 5.97. The van der Waals surface area contributed by atoms with Crippen molar-refractivity contribution in [1.29, 1.82) is 0 Å². The highest BCUT2D eigenvalue weighted by Crippen LogP contribution is 2.62. The lowest BCUT2D eigenvalue weighted by Crippen LogP contribution is -2.44. The quantitative estimate of drug-likeness (QED) is 0.819. The van der Waals surface area contributed by atoms with Crippen molar-refractivity contribution in [2.75, 3.05) is 32.3 Å². The molecule has 2 heterocycles. The summed E-state index contributed by atoms with van der Waals surface area (Å²) in [6.07, 6.45) is 0.836. The molecule has 4 rings (SSSR count). The first kappa shape index (κ1) is 17.8. The van der Waals surface area contributed by atoms with Crippen LogP contribution in [0.3, 0.4) is 0 Å². The molecule has 1 saturated carbocycles. The minimum atomic E-state index is -0.492. The van der Waals surface area contributed by atoms with Crippen molar-refractivity contribution in [2.24, 2.45) is 11.3 Å². The van der Waals surface area contributed by atoms with Crippen molar-refractivity contribution in [3.63, 3.8) is 0 Å². The average Bonchev–Trinajstić information content (AvgIpc) is 3.33. The maximum atomic E-state index is 12.5. The van der Waals surface area contributed by atoms with Gasteiger partial charge in [0, 0.05) is 19.2 Å². The Kier molecular flexibility index (Phi) is 4.30. The molecule has 6 nitrogen and oxygen atoms in total. The van der Waals surface area contributed by atoms with E-state index in [0.717, 1.165) is 24.3 Å². The van der Waals surface area contributed by atoms with Crippen LogP contribution in [0.25, 0.3) is 11.3 Å². The van der Waals surface area contributed by atoms with E-state index in [2.05, 4.69) is 4.90 Å². The molecule has 3 atom stereocenters. The number of ether oxygens (including phenoxy) is 2. The van der Waals surface area contributed by atoms with Gasteiger partial charge in [-0.25, -0.2) is 4.98 Å². The largest absolute Gasteiger partial charge is 0.507 e. The fourth-order valence-electron chi connectivity index (χ4n) is 4.45. The number of methoxy groups -OCH3 is 2. The Hall–Kier alpha value is -2.60. The molecule has 1 saturated heterocycles. The maximum Gasteiger partial charge on any atom is 0.314 e. The Balaban J connectivity index is 1.70. The number of esters is 1. The number of phenols is 1. The highest BCUT2D eigenvalue weighted by molar-refractivity contribution is 5.84. The van der Waals surface area contributed by atoms with E-state index in [0.29, 0.717) is 17.9 Å². The molecule has 27 heavy (non-hydrogen) atoms. The number of hydrogen-bond donors (Lipinski definition) is 1. The van der Waals surface area contributed by atoms with Gasteiger partial charge in [0.1, 0.15) is 11.6 Å². The van der Waals surface area contributed by atoms with Crippen LogP contribution < -0.4 is 4.90 Å². The second kappa shape index (κ2) is 6.53. The number of benzene rings is 1. The van der Waals surface area contributed by atoms with Gasteiger partial charge in [-0.2, -0.15) is 0 Å². The molecule has 1 aliphatic carbocycles. The summed E-state index contributed by atoms with van der Waals surface area (Å²) in [6.45, 7) is 3.05. The van der Waals surface area contributed by atoms with E-state index in [1.165, 1.54) is 7.11 Å². The third-order valence-corrected chi connectivity index (χ3v) is 5.97. The number of aryl methyl sites for hydroxylation is 1. The molecule has 1 aliphatic heterocycles. The number of fused-ring (bicyclic) bond motifs is 1. The number of piperidine rings is 1. The number of carbonyl (C=O) groups is 1. The summed E-state index contributed by atoms with van der Waals surface area (Å²) < 4.78 is 10.5. The van der Waals surface area contributed by atoms with Crippen LogP contribution in [0.1, 0.15) is 12.0 Å². The molecule has 0 amide bonds. The Morgan fingerprint density at radius 1 is 1.30 bits per heavy atom. The van der Waals surface area contributed by atoms with Gasteiger partial charge in [-0.3, -0.25) is 4.79 Å². The van der Waals surface area contributed by atoms with Gasteiger partial charge in [-0.05, 0) is 43.0 Å². The number of para-hydroxylation sites is 1. The molecule has 6 heteroatoms. The molecular weight excluding hydrogens is 344 g/mol. The minimum Gasteiger partial charge on any atom is -0.507 e. The summed E-state index contributed by atoms with van der Waals surface area (Å²) in [7, 11) is 3.09. The molecule has 1 N–H and O–H groups in total. The van der Waals surface area contributed by atoms with Crippen LogP contribution >= 0.6 is 0 Å². The van der Waals surface area contributed by atoms with Gasteiger partial charge in [0.25, 0.3) is 0 Å². The highest BCUT2D eigenvalue weighted by Gasteiger charge is 2.71. The predicted octanol–water partition coefficient (Wildman–Crippen LogP) is 2.78. The van der Waals surface area contributed by atoms with Gasteiger partial charge in [0.15, 0.2) is 0 Å². The molecule has 2 aliphatic rings. The van der Waals surface area contributed by atoms with E-state index in [1.54, 1.807) is 7.11 Å². The second-order valence-corrected chi connectivity index (χ2v) is 7.41. The van der Waals surface area contributed by atoms with E-state index < -0.39 is 5.41 Å². The maximum absolute atomic E-state index is 12.5. The zero-order valence-corrected chi connectivity index (χ0v) is 15.8. The number of rotatable bonds is 5. The van der Waals surface area contributed by atoms with E-state index in [4.69, 9.17) is 14.5 Å². The molecule has 0 spiro atoms. The topological polar surface area (TPSA) is 71.9 Å². The lowest BCUT2D eigenvalue weighted by molar-refractivity contribution is -0.148. The van der Waals surface area contributed by atoms with E-state index >= 15 is 0 Å². The molecule has 0 radical (unpaired) electrons. The van der Waals surface area contributed by atoms with Crippen LogP contribution in [0.5, 0.6) is 5.75 Å². The van der Waals surface area contributed by atoms with E-state index in [9.17, 15) is 9.90 Å². The number of hydrogen-bond acceptors (Lipinski definition) is 6. The van der Waals surface area contributed by atoms with Crippen molar-refractivity contribution in [3.05, 3.63) is 42.0 Å². The summed E-state index contributed by atoms with van der Waals surface area (Å²) in [4.78, 5) is 19.4. The second-order valence-electron chi connectivity index (χ2n) is 7.41. The molecule has 1 aromatic heterocycles. The minimum absolute atomic E-state index is 0.103. The number of nitrogens with zero attached hydrogens (tertiary/aromatic N) is 2. The summed E-state index contributed by atoms with van der Waals surface area (Å²) in [5, 5.41) is 10.4. The van der Waals surface area contributed by atoms with Gasteiger partial charge in [-0.1, -0.05) is 18.2 Å². The number of carbonyl (C=O) groups excluding carboxylic acids is 1. The van der Waals surface area contributed by atoms with Crippen LogP contribution in [-0.2, 0) is 14.3 Å². The van der Waals surface area contributed by atoms with Crippen molar-refractivity contribution in [2.45, 2.75) is 19.4 Å². The first-order valence-electron chi connectivity index (χ1n) is 9.13. The van der Waals surface area contributed by atoms with E-state index in [1.807, 2.05) is 43.3 Å². The number of phenolic OH excluding ortho intramolecular Hbond substituents is 1. The molecule has 1 aromatic carbocycles. The van der Waals surface area contributed by atoms with Crippen LogP contribution in [0, 0.1) is 18.3 Å². The van der Waals surface area contributed by atoms with Crippen molar-refractivity contribution >= 4 is 11.8 Å². The molecule has 2 fully saturated rings. The van der Waals surface area contributed by atoms with Crippen LogP contribution in [-0.4, -0.2) is 49.5 Å². The monoisotopic (exact) mass is 368 g/mol.